The molecule has 2 heterocycles. The highest BCUT2D eigenvalue weighted by molar-refractivity contribution is 6.30. The first-order chi connectivity index (χ1) is 14.8. The lowest BCUT2D eigenvalue weighted by molar-refractivity contribution is 0.303. The number of hydrogen-bond donors (Lipinski definition) is 1. The molecule has 1 aliphatic rings. The van der Waals surface area contributed by atoms with Gasteiger partial charge < -0.3 is 10.6 Å². The highest BCUT2D eigenvalue weighted by atomic mass is 35.5. The molecule has 1 aliphatic heterocycles. The van der Waals surface area contributed by atoms with Crippen molar-refractivity contribution in [2.24, 2.45) is 10.9 Å². The van der Waals surface area contributed by atoms with Gasteiger partial charge in [-0.1, -0.05) is 25.4 Å². The van der Waals surface area contributed by atoms with Crippen molar-refractivity contribution in [1.82, 2.24) is 9.47 Å². The third kappa shape index (κ3) is 4.91. The molecule has 0 amide bonds. The Balaban J connectivity index is 0.00000166. The fourth-order valence-corrected chi connectivity index (χ4v) is 4.69. The minimum absolute atomic E-state index is 0.137. The summed E-state index contributed by atoms with van der Waals surface area (Å²) in [5, 5.41) is 9.96. The summed E-state index contributed by atoms with van der Waals surface area (Å²) in [7, 11) is 0. The van der Waals surface area contributed by atoms with Gasteiger partial charge in [-0.05, 0) is 76.3 Å². The van der Waals surface area contributed by atoms with E-state index in [1.54, 1.807) is 0 Å². The first-order valence-corrected chi connectivity index (χ1v) is 11.6. The highest BCUT2D eigenvalue weighted by Crippen LogP contribution is 2.34. The number of amidine groups is 1. The lowest BCUT2D eigenvalue weighted by Gasteiger charge is -2.32. The fourth-order valence-electron chi connectivity index (χ4n) is 4.37. The second-order valence-electron chi connectivity index (χ2n) is 7.88. The van der Waals surface area contributed by atoms with Crippen LogP contribution in [0.3, 0.4) is 0 Å². The van der Waals surface area contributed by atoms with Crippen molar-refractivity contribution >= 4 is 23.3 Å². The third-order valence-corrected chi connectivity index (χ3v) is 6.16. The van der Waals surface area contributed by atoms with E-state index in [1.807, 2.05) is 32.9 Å². The van der Waals surface area contributed by atoms with Crippen LogP contribution in [0.2, 0.25) is 5.02 Å². The minimum Gasteiger partial charge on any atom is -0.384 e. The summed E-state index contributed by atoms with van der Waals surface area (Å²) in [6.07, 6.45) is 1.74. The smallest absolute Gasteiger partial charge is 0.134 e. The molecule has 1 aromatic carbocycles. The number of likely N-dealkylation sites (tertiary alicyclic amines) is 1. The zero-order chi connectivity index (χ0) is 23.3. The largest absolute Gasteiger partial charge is 0.384 e. The molecule has 0 atom stereocenters. The summed E-state index contributed by atoms with van der Waals surface area (Å²) in [5.41, 5.74) is 13.3. The van der Waals surface area contributed by atoms with E-state index in [4.69, 9.17) is 22.3 Å². The predicted octanol–water partition coefficient (Wildman–Crippen LogP) is 5.97. The number of nitrogens with two attached hydrogens (primary N) is 1. The van der Waals surface area contributed by atoms with E-state index in [9.17, 15) is 5.26 Å². The number of nitrogens with zero attached hydrogens (tertiary/aromatic N) is 4. The first kappa shape index (κ1) is 24.8. The summed E-state index contributed by atoms with van der Waals surface area (Å²) in [4.78, 5) is 7.14. The second-order valence-corrected chi connectivity index (χ2v) is 8.32. The van der Waals surface area contributed by atoms with Crippen LogP contribution in [0.25, 0.3) is 5.69 Å². The molecule has 1 fully saturated rings. The van der Waals surface area contributed by atoms with E-state index >= 15 is 0 Å². The van der Waals surface area contributed by atoms with Crippen LogP contribution in [0.5, 0.6) is 0 Å². The molecule has 0 aliphatic carbocycles. The summed E-state index contributed by atoms with van der Waals surface area (Å²) in [6, 6.07) is 6.36. The van der Waals surface area contributed by atoms with Crippen molar-refractivity contribution < 1.29 is 0 Å². The first-order valence-electron chi connectivity index (χ1n) is 11.2. The Morgan fingerprint density at radius 2 is 1.71 bits per heavy atom. The number of benzene rings is 1. The third-order valence-electron chi connectivity index (χ3n) is 5.94. The van der Waals surface area contributed by atoms with E-state index in [-0.39, 0.29) is 5.92 Å². The molecule has 3 rings (SSSR count). The van der Waals surface area contributed by atoms with Crippen molar-refractivity contribution in [3.8, 4) is 11.8 Å². The summed E-state index contributed by atoms with van der Waals surface area (Å²) < 4.78 is 2.14. The molecule has 2 aromatic rings. The van der Waals surface area contributed by atoms with Crippen LogP contribution in [0.1, 0.15) is 61.6 Å². The number of aromatic nitrogens is 1. The lowest BCUT2D eigenvalue weighted by atomic mass is 9.97. The van der Waals surface area contributed by atoms with Crippen molar-refractivity contribution in [3.63, 3.8) is 0 Å². The summed E-state index contributed by atoms with van der Waals surface area (Å²) in [5.74, 6) is 1.80. The normalized spacial score (nSPS) is 14.8. The fraction of sp³-hybridized carbons (Fsp3) is 0.520. The number of nitriles is 1. The number of nitrogen functional groups attached to an aromatic ring is 1. The van der Waals surface area contributed by atoms with Crippen molar-refractivity contribution in [3.05, 3.63) is 45.1 Å². The number of rotatable bonds is 3. The Hall–Kier alpha value is -2.45. The van der Waals surface area contributed by atoms with Crippen LogP contribution in [-0.2, 0) is 0 Å². The highest BCUT2D eigenvalue weighted by Gasteiger charge is 2.28. The molecule has 31 heavy (non-hydrogen) atoms. The Kier molecular flexibility index (Phi) is 8.59. The topological polar surface area (TPSA) is 70.3 Å². The number of aryl methyl sites for hydroxylation is 2. The summed E-state index contributed by atoms with van der Waals surface area (Å²) in [6.45, 7) is 16.8. The van der Waals surface area contributed by atoms with Crippen LogP contribution in [-0.4, -0.2) is 34.9 Å². The van der Waals surface area contributed by atoms with Crippen LogP contribution in [0.4, 0.5) is 5.82 Å². The molecule has 6 heteroatoms. The van der Waals surface area contributed by atoms with Gasteiger partial charge in [-0.25, -0.2) is 0 Å². The molecule has 0 spiro atoms. The van der Waals surface area contributed by atoms with Gasteiger partial charge >= 0.3 is 0 Å². The number of halogens is 1. The Morgan fingerprint density at radius 3 is 2.19 bits per heavy atom. The summed E-state index contributed by atoms with van der Waals surface area (Å²) >= 11 is 6.25. The molecule has 0 bridgehead atoms. The van der Waals surface area contributed by atoms with E-state index in [1.165, 1.54) is 0 Å². The van der Waals surface area contributed by atoms with Gasteiger partial charge in [0.25, 0.3) is 0 Å². The van der Waals surface area contributed by atoms with Gasteiger partial charge in [0.1, 0.15) is 11.7 Å². The number of aliphatic imine (C=N–C) groups is 1. The quantitative estimate of drug-likeness (QED) is 0.470. The Morgan fingerprint density at radius 1 is 1.16 bits per heavy atom. The van der Waals surface area contributed by atoms with Crippen LogP contribution in [0.15, 0.2) is 17.1 Å². The number of piperidine rings is 1. The molecular weight excluding hydrogens is 406 g/mol. The van der Waals surface area contributed by atoms with Gasteiger partial charge in [0.2, 0.25) is 0 Å². The molecular formula is C25H36ClN5. The SMILES string of the molecule is CC.CCN=C(c1c(C)c(C)n(-c2c(C)cc(Cl)cc2C)c1N)N1CCC(C#N)CC1. The molecule has 0 radical (unpaired) electrons. The van der Waals surface area contributed by atoms with Crippen molar-refractivity contribution in [2.75, 3.05) is 25.4 Å². The van der Waals surface area contributed by atoms with Crippen LogP contribution >= 0.6 is 11.6 Å². The maximum absolute atomic E-state index is 9.23. The maximum atomic E-state index is 9.23. The molecule has 0 unspecified atom stereocenters. The number of anilines is 1. The average Bonchev–Trinajstić information content (AvgIpc) is 2.96. The molecule has 2 N–H and O–H groups in total. The zero-order valence-electron chi connectivity index (χ0n) is 20.0. The van der Waals surface area contributed by atoms with E-state index in [0.29, 0.717) is 12.4 Å². The predicted molar refractivity (Wildman–Crippen MR) is 132 cm³/mol. The Labute approximate surface area is 192 Å². The van der Waals surface area contributed by atoms with Crippen LogP contribution < -0.4 is 5.73 Å². The molecule has 0 saturated carbocycles. The van der Waals surface area contributed by atoms with Crippen LogP contribution in [0, 0.1) is 44.9 Å². The van der Waals surface area contributed by atoms with Gasteiger partial charge in [-0.15, -0.1) is 0 Å². The van der Waals surface area contributed by atoms with E-state index < -0.39 is 0 Å². The van der Waals surface area contributed by atoms with Crippen molar-refractivity contribution in [1.29, 1.82) is 5.26 Å². The standard InChI is InChI=1S/C23H30ClN5.C2H6/c1-6-27-23(28-9-7-18(13-25)8-10-28)20-16(4)17(5)29(22(20)26)21-14(2)11-19(24)12-15(21)3;1-2/h11-12,18H,6-10,26H2,1-5H3;1-2H3. The van der Waals surface area contributed by atoms with E-state index in [0.717, 1.165) is 70.4 Å². The molecule has 1 saturated heterocycles. The van der Waals surface area contributed by atoms with Crippen molar-refractivity contribution in [2.45, 2.75) is 61.3 Å². The number of hydrogen-bond acceptors (Lipinski definition) is 3. The maximum Gasteiger partial charge on any atom is 0.134 e. The molecule has 1 aromatic heterocycles. The van der Waals surface area contributed by atoms with Gasteiger partial charge in [0.05, 0.1) is 17.3 Å². The molecule has 168 valence electrons. The monoisotopic (exact) mass is 441 g/mol. The second kappa shape index (κ2) is 10.7. The van der Waals surface area contributed by atoms with Gasteiger partial charge in [0, 0.05) is 36.3 Å². The van der Waals surface area contributed by atoms with Gasteiger partial charge in [0.15, 0.2) is 0 Å². The minimum atomic E-state index is 0.137. The van der Waals surface area contributed by atoms with Gasteiger partial charge in [-0.3, -0.25) is 9.56 Å². The zero-order valence-corrected chi connectivity index (χ0v) is 20.8. The lowest BCUT2D eigenvalue weighted by Crippen LogP contribution is -2.39. The average molecular weight is 442 g/mol. The van der Waals surface area contributed by atoms with Gasteiger partial charge in [-0.2, -0.15) is 5.26 Å². The molecule has 5 nitrogen and oxygen atoms in total. The van der Waals surface area contributed by atoms with E-state index in [2.05, 4.69) is 43.2 Å². The Bertz CT molecular complexity index is 965.